The maximum atomic E-state index is 12.7. The highest BCUT2D eigenvalue weighted by Gasteiger charge is 2.32. The molecule has 1 heterocycles. The number of anilines is 1. The predicted octanol–water partition coefficient (Wildman–Crippen LogP) is 3.80. The number of hydrogen-bond donors (Lipinski definition) is 2. The first-order chi connectivity index (χ1) is 14.6. The van der Waals surface area contributed by atoms with Crippen LogP contribution >= 0.6 is 0 Å². The fourth-order valence-electron chi connectivity index (χ4n) is 3.74. The minimum absolute atomic E-state index is 0.0211. The van der Waals surface area contributed by atoms with Crippen LogP contribution in [-0.4, -0.2) is 41.9 Å². The molecule has 1 aliphatic carbocycles. The Bertz CT molecular complexity index is 857. The number of nitrogens with one attached hydrogen (secondary N) is 2. The highest BCUT2D eigenvalue weighted by atomic mass is 16.5. The lowest BCUT2D eigenvalue weighted by atomic mass is 10.0. The van der Waals surface area contributed by atoms with Gasteiger partial charge in [-0.2, -0.15) is 0 Å². The third-order valence-electron chi connectivity index (χ3n) is 5.85. The van der Waals surface area contributed by atoms with Crippen molar-refractivity contribution in [3.8, 4) is 11.5 Å². The number of likely N-dealkylation sites (tertiary alicyclic amines) is 1. The van der Waals surface area contributed by atoms with E-state index in [1.165, 1.54) is 0 Å². The van der Waals surface area contributed by atoms with Crippen LogP contribution in [-0.2, 0) is 9.59 Å². The van der Waals surface area contributed by atoms with E-state index in [1.54, 1.807) is 0 Å². The lowest BCUT2D eigenvalue weighted by Gasteiger charge is -2.35. The summed E-state index contributed by atoms with van der Waals surface area (Å²) in [5.41, 5.74) is 0.749. The zero-order valence-electron chi connectivity index (χ0n) is 17.3. The number of piperidine rings is 1. The van der Waals surface area contributed by atoms with Crippen molar-refractivity contribution in [1.82, 2.24) is 10.2 Å². The van der Waals surface area contributed by atoms with Crippen molar-refractivity contribution in [1.29, 1.82) is 0 Å². The van der Waals surface area contributed by atoms with E-state index in [-0.39, 0.29) is 29.8 Å². The van der Waals surface area contributed by atoms with Gasteiger partial charge in [0.15, 0.2) is 0 Å². The first-order valence-corrected chi connectivity index (χ1v) is 10.8. The Labute approximate surface area is 177 Å². The van der Waals surface area contributed by atoms with Gasteiger partial charge in [-0.3, -0.25) is 14.5 Å². The number of rotatable bonds is 7. The number of benzene rings is 2. The second-order valence-corrected chi connectivity index (χ2v) is 8.20. The predicted molar refractivity (Wildman–Crippen MR) is 117 cm³/mol. The molecule has 2 aromatic carbocycles. The number of carbonyl (C=O) groups is 2. The topological polar surface area (TPSA) is 70.7 Å². The minimum atomic E-state index is -0.217. The number of nitrogens with zero attached hydrogens (tertiary/aromatic N) is 1. The van der Waals surface area contributed by atoms with Crippen LogP contribution in [0.1, 0.15) is 32.6 Å². The van der Waals surface area contributed by atoms with Crippen LogP contribution in [0.25, 0.3) is 0 Å². The second-order valence-electron chi connectivity index (χ2n) is 8.20. The molecule has 0 bridgehead atoms. The summed E-state index contributed by atoms with van der Waals surface area (Å²) in [6, 6.07) is 17.0. The van der Waals surface area contributed by atoms with Crippen LogP contribution in [0.4, 0.5) is 5.69 Å². The Balaban J connectivity index is 1.24. The summed E-state index contributed by atoms with van der Waals surface area (Å²) in [6.07, 6.45) is 3.84. The lowest BCUT2D eigenvalue weighted by molar-refractivity contribution is -0.124. The van der Waals surface area contributed by atoms with E-state index in [4.69, 9.17) is 4.74 Å². The van der Waals surface area contributed by atoms with Crippen molar-refractivity contribution in [2.45, 2.75) is 44.7 Å². The molecular weight excluding hydrogens is 378 g/mol. The van der Waals surface area contributed by atoms with Gasteiger partial charge in [0.05, 0.1) is 6.04 Å². The third-order valence-corrected chi connectivity index (χ3v) is 5.85. The molecule has 6 nitrogen and oxygen atoms in total. The second kappa shape index (κ2) is 9.30. The van der Waals surface area contributed by atoms with E-state index in [1.807, 2.05) is 61.5 Å². The number of amides is 2. The highest BCUT2D eigenvalue weighted by molar-refractivity contribution is 5.94. The molecule has 6 heteroatoms. The molecular formula is C24H29N3O3. The van der Waals surface area contributed by atoms with E-state index in [0.29, 0.717) is 0 Å². The minimum Gasteiger partial charge on any atom is -0.457 e. The number of hydrogen-bond acceptors (Lipinski definition) is 4. The van der Waals surface area contributed by atoms with Crippen molar-refractivity contribution in [2.24, 2.45) is 5.92 Å². The van der Waals surface area contributed by atoms with Gasteiger partial charge in [0.1, 0.15) is 11.5 Å². The molecule has 0 spiro atoms. The zero-order valence-corrected chi connectivity index (χ0v) is 17.3. The molecule has 1 saturated carbocycles. The molecule has 2 N–H and O–H groups in total. The molecule has 2 fully saturated rings. The molecule has 1 saturated heterocycles. The highest BCUT2D eigenvalue weighted by Crippen LogP contribution is 2.29. The molecule has 0 radical (unpaired) electrons. The maximum absolute atomic E-state index is 12.7. The van der Waals surface area contributed by atoms with Crippen molar-refractivity contribution < 1.29 is 14.3 Å². The van der Waals surface area contributed by atoms with Crippen LogP contribution in [0, 0.1) is 5.92 Å². The first kappa shape index (κ1) is 20.4. The average Bonchev–Trinajstić information content (AvgIpc) is 3.61. The summed E-state index contributed by atoms with van der Waals surface area (Å²) in [4.78, 5) is 26.8. The smallest absolute Gasteiger partial charge is 0.241 e. The quantitative estimate of drug-likeness (QED) is 0.733. The average molecular weight is 408 g/mol. The Morgan fingerprint density at radius 1 is 0.933 bits per heavy atom. The normalized spacial score (nSPS) is 18.4. The molecule has 1 atom stereocenters. The molecule has 158 valence electrons. The number of carbonyl (C=O) groups excluding carboxylic acids is 2. The van der Waals surface area contributed by atoms with Crippen LogP contribution in [0.15, 0.2) is 54.6 Å². The van der Waals surface area contributed by atoms with Gasteiger partial charge in [-0.1, -0.05) is 18.2 Å². The summed E-state index contributed by atoms with van der Waals surface area (Å²) in [5.74, 6) is 1.94. The van der Waals surface area contributed by atoms with Crippen molar-refractivity contribution in [3.05, 3.63) is 54.6 Å². The molecule has 2 aromatic rings. The maximum Gasteiger partial charge on any atom is 0.241 e. The van der Waals surface area contributed by atoms with Gasteiger partial charge in [0, 0.05) is 30.7 Å². The van der Waals surface area contributed by atoms with Gasteiger partial charge < -0.3 is 15.4 Å². The molecule has 2 aliphatic rings. The van der Waals surface area contributed by atoms with Crippen LogP contribution in [0.3, 0.4) is 0 Å². The monoisotopic (exact) mass is 407 g/mol. The summed E-state index contributed by atoms with van der Waals surface area (Å²) in [5, 5.41) is 6.14. The Morgan fingerprint density at radius 3 is 2.20 bits per heavy atom. The van der Waals surface area contributed by atoms with E-state index in [9.17, 15) is 9.59 Å². The van der Waals surface area contributed by atoms with Gasteiger partial charge in [0.25, 0.3) is 0 Å². The first-order valence-electron chi connectivity index (χ1n) is 10.8. The van der Waals surface area contributed by atoms with E-state index in [0.717, 1.165) is 56.0 Å². The van der Waals surface area contributed by atoms with Crippen molar-refractivity contribution in [2.75, 3.05) is 18.4 Å². The zero-order chi connectivity index (χ0) is 20.9. The summed E-state index contributed by atoms with van der Waals surface area (Å²) in [6.45, 7) is 3.56. The molecule has 1 aliphatic heterocycles. The third kappa shape index (κ3) is 5.39. The van der Waals surface area contributed by atoms with Crippen LogP contribution < -0.4 is 15.4 Å². The van der Waals surface area contributed by atoms with E-state index >= 15 is 0 Å². The van der Waals surface area contributed by atoms with Crippen LogP contribution in [0.2, 0.25) is 0 Å². The van der Waals surface area contributed by atoms with E-state index in [2.05, 4.69) is 15.5 Å². The number of ether oxygens (including phenoxy) is 1. The number of para-hydroxylation sites is 1. The standard InChI is InChI=1S/C24H29N3O3/c1-17(27-15-13-20(14-16-27)26-24(29)18-7-8-18)23(28)25-19-9-11-22(12-10-19)30-21-5-3-2-4-6-21/h2-6,9-12,17-18,20H,7-8,13-16H2,1H3,(H,25,28)(H,26,29). The summed E-state index contributed by atoms with van der Waals surface area (Å²) >= 11 is 0. The molecule has 30 heavy (non-hydrogen) atoms. The Kier molecular flexibility index (Phi) is 6.33. The molecule has 4 rings (SSSR count). The van der Waals surface area contributed by atoms with Gasteiger partial charge >= 0.3 is 0 Å². The Hall–Kier alpha value is -2.86. The Morgan fingerprint density at radius 2 is 1.57 bits per heavy atom. The van der Waals surface area contributed by atoms with Crippen molar-refractivity contribution >= 4 is 17.5 Å². The van der Waals surface area contributed by atoms with Gasteiger partial charge in [0.2, 0.25) is 11.8 Å². The van der Waals surface area contributed by atoms with Crippen molar-refractivity contribution in [3.63, 3.8) is 0 Å². The largest absolute Gasteiger partial charge is 0.457 e. The van der Waals surface area contributed by atoms with Gasteiger partial charge in [-0.15, -0.1) is 0 Å². The molecule has 1 unspecified atom stereocenters. The molecule has 2 amide bonds. The van der Waals surface area contributed by atoms with Crippen LogP contribution in [0.5, 0.6) is 11.5 Å². The van der Waals surface area contributed by atoms with E-state index < -0.39 is 0 Å². The van der Waals surface area contributed by atoms with Gasteiger partial charge in [-0.25, -0.2) is 0 Å². The summed E-state index contributed by atoms with van der Waals surface area (Å²) in [7, 11) is 0. The van der Waals surface area contributed by atoms with Gasteiger partial charge in [-0.05, 0) is 69.0 Å². The lowest BCUT2D eigenvalue weighted by Crippen LogP contribution is -2.50. The summed E-state index contributed by atoms with van der Waals surface area (Å²) < 4.78 is 5.79. The molecule has 0 aromatic heterocycles. The fourth-order valence-corrected chi connectivity index (χ4v) is 3.74. The fraction of sp³-hybridized carbons (Fsp3) is 0.417. The SMILES string of the molecule is CC(C(=O)Nc1ccc(Oc2ccccc2)cc1)N1CCC(NC(=O)C2CC2)CC1.